The molecule has 1 aliphatic rings. The number of halogens is 2. The first kappa shape index (κ1) is 33.4. The molecule has 1 heterocycles. The van der Waals surface area contributed by atoms with Crippen molar-refractivity contribution in [2.45, 2.75) is 32.6 Å². The number of rotatable bonds is 10. The number of para-hydroxylation sites is 2. The van der Waals surface area contributed by atoms with Crippen LogP contribution >= 0.6 is 24.0 Å². The van der Waals surface area contributed by atoms with Crippen molar-refractivity contribution in [2.24, 2.45) is 0 Å². The molecule has 10 heteroatoms. The smallest absolute Gasteiger partial charge is 0.339 e. The molecular weight excluding hydrogens is 613 g/mol. The van der Waals surface area contributed by atoms with Gasteiger partial charge in [-0.3, -0.25) is 15.0 Å². The van der Waals surface area contributed by atoms with E-state index in [9.17, 15) is 19.5 Å². The monoisotopic (exact) mass is 647 g/mol. The van der Waals surface area contributed by atoms with E-state index in [2.05, 4.69) is 10.3 Å². The molecule has 1 saturated heterocycles. The summed E-state index contributed by atoms with van der Waals surface area (Å²) in [6.07, 6.45) is 3.10. The Kier molecular flexibility index (Phi) is 11.1. The number of ether oxygens (including phenoxy) is 1. The maximum absolute atomic E-state index is 14.2. The number of carbonyl (C=O) groups is 3. The van der Waals surface area contributed by atoms with Gasteiger partial charge in [0.25, 0.3) is 0 Å². The van der Waals surface area contributed by atoms with Crippen molar-refractivity contribution in [3.05, 3.63) is 107 Å². The van der Waals surface area contributed by atoms with E-state index in [0.717, 1.165) is 49.2 Å². The number of hydrogen-bond acceptors (Lipinski definition) is 6. The van der Waals surface area contributed by atoms with Crippen LogP contribution in [0.25, 0.3) is 11.1 Å². The molecule has 5 rings (SSSR count). The summed E-state index contributed by atoms with van der Waals surface area (Å²) in [6, 6.07) is 25.8. The summed E-state index contributed by atoms with van der Waals surface area (Å²) < 4.78 is 5.29. The Morgan fingerprint density at radius 1 is 0.889 bits per heavy atom. The fourth-order valence-electron chi connectivity index (χ4n) is 5.48. The summed E-state index contributed by atoms with van der Waals surface area (Å²) in [5, 5.41) is 11.2. The number of aromatic carboxylic acids is 1. The van der Waals surface area contributed by atoms with Crippen LogP contribution in [0.4, 0.5) is 17.1 Å². The zero-order chi connectivity index (χ0) is 31.2. The van der Waals surface area contributed by atoms with E-state index in [-0.39, 0.29) is 46.9 Å². The summed E-state index contributed by atoms with van der Waals surface area (Å²) in [7, 11) is 1.37. The molecule has 1 aliphatic heterocycles. The van der Waals surface area contributed by atoms with Gasteiger partial charge >= 0.3 is 5.97 Å². The average Bonchev–Trinajstić information content (AvgIpc) is 3.05. The third-order valence-corrected chi connectivity index (χ3v) is 8.10. The van der Waals surface area contributed by atoms with Crippen LogP contribution in [0.1, 0.15) is 52.5 Å². The Bertz CT molecular complexity index is 1690. The summed E-state index contributed by atoms with van der Waals surface area (Å²) in [4.78, 5) is 41.1. The molecule has 0 saturated carbocycles. The van der Waals surface area contributed by atoms with Gasteiger partial charge in [0.2, 0.25) is 5.91 Å². The number of ketones is 1. The van der Waals surface area contributed by atoms with Gasteiger partial charge in [0, 0.05) is 23.7 Å². The number of anilines is 3. The molecule has 0 unspecified atom stereocenters. The number of benzene rings is 4. The lowest BCUT2D eigenvalue weighted by atomic mass is 10.00. The van der Waals surface area contributed by atoms with Crippen LogP contribution in [0.15, 0.2) is 84.9 Å². The standard InChI is InChI=1S/C35H34ClN3O5.ClH/c1-23(40)27-19-25(24-11-5-3-6-12-24)15-16-30(27)37-39(32-14-8-7-13-31(32)38-17-9-4-10-18-38)34(41)21-26-20-33(44-2)28(35(42)43)22-29(26)36;/h3,5-8,11-16,19-20,22,37H,4,9-10,17-18,21H2,1-2H3,(H,42,43);1H. The summed E-state index contributed by atoms with van der Waals surface area (Å²) in [6.45, 7) is 3.23. The van der Waals surface area contributed by atoms with Crippen LogP contribution in [-0.2, 0) is 11.2 Å². The number of nitrogens with one attached hydrogen (secondary N) is 1. The average molecular weight is 649 g/mol. The SMILES string of the molecule is COc1cc(CC(=O)N(Nc2ccc(-c3ccccc3)cc2C(C)=O)c2ccccc2N2CCCCC2)c(Cl)cc1C(=O)O.Cl. The molecule has 4 aromatic rings. The fourth-order valence-corrected chi connectivity index (χ4v) is 5.72. The van der Waals surface area contributed by atoms with Crippen LogP contribution in [0.5, 0.6) is 5.75 Å². The maximum atomic E-state index is 14.2. The summed E-state index contributed by atoms with van der Waals surface area (Å²) in [5.41, 5.74) is 7.87. The molecule has 0 bridgehead atoms. The van der Waals surface area contributed by atoms with Crippen LogP contribution in [0, 0.1) is 0 Å². The van der Waals surface area contributed by atoms with E-state index in [0.29, 0.717) is 22.5 Å². The first-order valence-corrected chi connectivity index (χ1v) is 14.9. The van der Waals surface area contributed by atoms with E-state index in [1.165, 1.54) is 31.2 Å². The number of methoxy groups -OCH3 is 1. The lowest BCUT2D eigenvalue weighted by Crippen LogP contribution is -2.40. The zero-order valence-electron chi connectivity index (χ0n) is 25.1. The number of hydrazine groups is 1. The Hall–Kier alpha value is -4.53. The fraction of sp³-hybridized carbons (Fsp3) is 0.229. The highest BCUT2D eigenvalue weighted by Crippen LogP contribution is 2.35. The Labute approximate surface area is 273 Å². The molecule has 0 aromatic heterocycles. The van der Waals surface area contributed by atoms with Crippen molar-refractivity contribution < 1.29 is 24.2 Å². The highest BCUT2D eigenvalue weighted by Gasteiger charge is 2.26. The van der Waals surface area contributed by atoms with E-state index in [4.69, 9.17) is 16.3 Å². The lowest BCUT2D eigenvalue weighted by Gasteiger charge is -2.34. The minimum absolute atomic E-state index is 0. The van der Waals surface area contributed by atoms with E-state index < -0.39 is 5.97 Å². The van der Waals surface area contributed by atoms with Crippen molar-refractivity contribution in [3.8, 4) is 16.9 Å². The Balaban J connectivity index is 0.00000461. The Morgan fingerprint density at radius 3 is 2.24 bits per heavy atom. The van der Waals surface area contributed by atoms with Gasteiger partial charge in [-0.1, -0.05) is 60.1 Å². The molecule has 0 spiro atoms. The largest absolute Gasteiger partial charge is 0.496 e. The summed E-state index contributed by atoms with van der Waals surface area (Å²) >= 11 is 6.49. The molecule has 45 heavy (non-hydrogen) atoms. The van der Waals surface area contributed by atoms with Gasteiger partial charge in [0.15, 0.2) is 5.78 Å². The molecule has 1 fully saturated rings. The number of Topliss-reactive ketones (excluding diaryl/α,β-unsaturated/α-hetero) is 1. The minimum atomic E-state index is -1.18. The molecule has 0 atom stereocenters. The van der Waals surface area contributed by atoms with Crippen molar-refractivity contribution in [1.82, 2.24) is 0 Å². The Morgan fingerprint density at radius 2 is 1.58 bits per heavy atom. The third-order valence-electron chi connectivity index (χ3n) is 7.75. The molecule has 0 radical (unpaired) electrons. The van der Waals surface area contributed by atoms with Gasteiger partial charge in [-0.25, -0.2) is 9.80 Å². The van der Waals surface area contributed by atoms with Gasteiger partial charge in [-0.15, -0.1) is 12.4 Å². The molecule has 2 N–H and O–H groups in total. The number of carbonyl (C=O) groups excluding carboxylic acids is 2. The van der Waals surface area contributed by atoms with Gasteiger partial charge < -0.3 is 14.7 Å². The normalized spacial score (nSPS) is 12.6. The third kappa shape index (κ3) is 7.59. The van der Waals surface area contributed by atoms with E-state index in [1.807, 2.05) is 66.7 Å². The second kappa shape index (κ2) is 15.0. The van der Waals surface area contributed by atoms with Crippen LogP contribution in [-0.4, -0.2) is 43.0 Å². The number of carboxylic acids is 1. The van der Waals surface area contributed by atoms with E-state index >= 15 is 0 Å². The number of piperidine rings is 1. The van der Waals surface area contributed by atoms with Crippen LogP contribution in [0.2, 0.25) is 5.02 Å². The van der Waals surface area contributed by atoms with Gasteiger partial charge in [-0.2, -0.15) is 0 Å². The van der Waals surface area contributed by atoms with Gasteiger partial charge in [-0.05, 0) is 79.3 Å². The first-order chi connectivity index (χ1) is 21.3. The molecular formula is C35H35Cl2N3O5. The molecule has 8 nitrogen and oxygen atoms in total. The highest BCUT2D eigenvalue weighted by molar-refractivity contribution is 6.32. The predicted molar refractivity (Wildman–Crippen MR) is 181 cm³/mol. The maximum Gasteiger partial charge on any atom is 0.339 e. The van der Waals surface area contributed by atoms with Crippen molar-refractivity contribution in [1.29, 1.82) is 0 Å². The summed E-state index contributed by atoms with van der Waals surface area (Å²) in [5.74, 6) is -1.59. The number of carboxylic acid groups (broad SMARTS) is 1. The van der Waals surface area contributed by atoms with Gasteiger partial charge in [0.1, 0.15) is 11.3 Å². The second-order valence-corrected chi connectivity index (χ2v) is 11.1. The minimum Gasteiger partial charge on any atom is -0.496 e. The number of nitrogens with zero attached hydrogens (tertiary/aromatic N) is 2. The molecule has 4 aromatic carbocycles. The quantitative estimate of drug-likeness (QED) is 0.133. The molecule has 1 amide bonds. The highest BCUT2D eigenvalue weighted by atomic mass is 35.5. The van der Waals surface area contributed by atoms with Gasteiger partial charge in [0.05, 0.1) is 30.6 Å². The van der Waals surface area contributed by atoms with Crippen LogP contribution in [0.3, 0.4) is 0 Å². The van der Waals surface area contributed by atoms with Crippen molar-refractivity contribution in [2.75, 3.05) is 35.5 Å². The topological polar surface area (TPSA) is 99.2 Å². The number of hydrogen-bond donors (Lipinski definition) is 2. The molecule has 0 aliphatic carbocycles. The van der Waals surface area contributed by atoms with Crippen LogP contribution < -0.4 is 20.1 Å². The second-order valence-electron chi connectivity index (χ2n) is 10.7. The van der Waals surface area contributed by atoms with Crippen molar-refractivity contribution in [3.63, 3.8) is 0 Å². The van der Waals surface area contributed by atoms with E-state index in [1.54, 1.807) is 6.07 Å². The number of amides is 1. The van der Waals surface area contributed by atoms with Crippen molar-refractivity contribution >= 4 is 58.7 Å². The predicted octanol–water partition coefficient (Wildman–Crippen LogP) is 7.93. The first-order valence-electron chi connectivity index (χ1n) is 14.5. The lowest BCUT2D eigenvalue weighted by molar-refractivity contribution is -0.117. The zero-order valence-corrected chi connectivity index (χ0v) is 26.7. The molecule has 234 valence electrons.